The number of hydrogen-bond donors (Lipinski definition) is 1. The van der Waals surface area contributed by atoms with E-state index in [9.17, 15) is 0 Å². The molecule has 0 aliphatic carbocycles. The first-order chi connectivity index (χ1) is 11.6. The van der Waals surface area contributed by atoms with Crippen LogP contribution in [0.4, 0.5) is 6.01 Å². The predicted molar refractivity (Wildman–Crippen MR) is 99.1 cm³/mol. The maximum Gasteiger partial charge on any atom is 0.297 e. The Morgan fingerprint density at radius 2 is 2.12 bits per heavy atom. The average molecular weight is 347 g/mol. The molecule has 1 aliphatic heterocycles. The van der Waals surface area contributed by atoms with Gasteiger partial charge in [0.25, 0.3) is 6.01 Å². The van der Waals surface area contributed by atoms with Crippen LogP contribution in [0, 0.1) is 13.8 Å². The van der Waals surface area contributed by atoms with Crippen LogP contribution < -0.4 is 15.0 Å². The molecule has 1 aliphatic rings. The molecule has 0 bridgehead atoms. The van der Waals surface area contributed by atoms with E-state index in [1.54, 1.807) is 0 Å². The zero-order valence-electron chi connectivity index (χ0n) is 14.5. The van der Waals surface area contributed by atoms with Gasteiger partial charge in [0.05, 0.1) is 12.2 Å². The van der Waals surface area contributed by atoms with E-state index in [0.717, 1.165) is 42.6 Å². The van der Waals surface area contributed by atoms with E-state index in [0.29, 0.717) is 17.9 Å². The number of nitrogens with one attached hydrogen (secondary N) is 1. The van der Waals surface area contributed by atoms with Crippen LogP contribution >= 0.6 is 11.8 Å². The number of aromatic nitrogens is 1. The van der Waals surface area contributed by atoms with Crippen molar-refractivity contribution < 1.29 is 9.15 Å². The van der Waals surface area contributed by atoms with E-state index in [-0.39, 0.29) is 0 Å². The summed E-state index contributed by atoms with van der Waals surface area (Å²) in [6.45, 7) is 6.31. The Hall–Kier alpha value is -1.66. The second-order valence-corrected chi connectivity index (χ2v) is 7.43. The van der Waals surface area contributed by atoms with Gasteiger partial charge in [-0.05, 0) is 38.0 Å². The molecule has 2 aromatic rings. The molecule has 0 radical (unpaired) electrons. The van der Waals surface area contributed by atoms with E-state index in [1.165, 1.54) is 5.56 Å². The number of benzene rings is 1. The lowest BCUT2D eigenvalue weighted by Gasteiger charge is -2.15. The van der Waals surface area contributed by atoms with Crippen molar-refractivity contribution in [1.82, 2.24) is 10.3 Å². The average Bonchev–Trinajstić information content (AvgIpc) is 3.19. The molecule has 1 atom stereocenters. The van der Waals surface area contributed by atoms with Crippen LogP contribution in [0.25, 0.3) is 0 Å². The van der Waals surface area contributed by atoms with Gasteiger partial charge in [-0.15, -0.1) is 11.8 Å². The highest BCUT2D eigenvalue weighted by Crippen LogP contribution is 2.21. The summed E-state index contributed by atoms with van der Waals surface area (Å²) in [7, 11) is 1.96. The van der Waals surface area contributed by atoms with E-state index in [4.69, 9.17) is 9.15 Å². The molecule has 1 unspecified atom stereocenters. The summed E-state index contributed by atoms with van der Waals surface area (Å²) in [5.74, 6) is 2.84. The minimum atomic E-state index is 0.596. The topological polar surface area (TPSA) is 50.5 Å². The van der Waals surface area contributed by atoms with Gasteiger partial charge in [-0.3, -0.25) is 0 Å². The molecule has 130 valence electrons. The number of aryl methyl sites for hydroxylation is 2. The first-order valence-electron chi connectivity index (χ1n) is 8.31. The Morgan fingerprint density at radius 1 is 1.33 bits per heavy atom. The molecule has 1 fully saturated rings. The van der Waals surface area contributed by atoms with Crippen LogP contribution in [0.2, 0.25) is 0 Å². The molecule has 1 aromatic heterocycles. The van der Waals surface area contributed by atoms with E-state index in [1.807, 2.05) is 37.6 Å². The molecule has 1 N–H and O–H groups in total. The third kappa shape index (κ3) is 4.45. The standard InChI is InChI=1S/C18H25N3O2S/c1-13-14(2)23-18(20-13)21(3)8-9-22-16-6-4-15(5-7-16)10-17-11-19-12-24-17/h4-7,17,19H,8-12H2,1-3H3. The second kappa shape index (κ2) is 7.94. The molecule has 1 saturated heterocycles. The molecular weight excluding hydrogens is 322 g/mol. The smallest absolute Gasteiger partial charge is 0.297 e. The van der Waals surface area contributed by atoms with Crippen molar-refractivity contribution in [3.63, 3.8) is 0 Å². The summed E-state index contributed by atoms with van der Waals surface area (Å²) in [5, 5.41) is 4.07. The van der Waals surface area contributed by atoms with Crippen LogP contribution in [-0.2, 0) is 6.42 Å². The summed E-state index contributed by atoms with van der Waals surface area (Å²) < 4.78 is 11.4. The van der Waals surface area contributed by atoms with Gasteiger partial charge in [0.2, 0.25) is 0 Å². The Labute approximate surface area is 147 Å². The number of ether oxygens (including phenoxy) is 1. The molecule has 2 heterocycles. The fourth-order valence-corrected chi connectivity index (χ4v) is 3.60. The van der Waals surface area contributed by atoms with Crippen LogP contribution in [0.3, 0.4) is 0 Å². The lowest BCUT2D eigenvalue weighted by atomic mass is 10.1. The zero-order valence-corrected chi connectivity index (χ0v) is 15.4. The predicted octanol–water partition coefficient (Wildman–Crippen LogP) is 3.01. The number of oxazole rings is 1. The number of hydrogen-bond acceptors (Lipinski definition) is 6. The molecule has 0 saturated carbocycles. The van der Waals surface area contributed by atoms with Crippen molar-refractivity contribution in [2.45, 2.75) is 25.5 Å². The fourth-order valence-electron chi connectivity index (χ4n) is 2.59. The summed E-state index contributed by atoms with van der Waals surface area (Å²) in [6.07, 6.45) is 1.11. The molecule has 0 spiro atoms. The number of thioether (sulfide) groups is 1. The van der Waals surface area contributed by atoms with Crippen molar-refractivity contribution in [3.05, 3.63) is 41.3 Å². The van der Waals surface area contributed by atoms with Crippen LogP contribution in [0.15, 0.2) is 28.7 Å². The van der Waals surface area contributed by atoms with Gasteiger partial charge >= 0.3 is 0 Å². The van der Waals surface area contributed by atoms with Crippen LogP contribution in [-0.4, -0.2) is 42.9 Å². The molecular formula is C18H25N3O2S. The van der Waals surface area contributed by atoms with Gasteiger partial charge in [-0.2, -0.15) is 4.98 Å². The highest BCUT2D eigenvalue weighted by Gasteiger charge is 2.15. The lowest BCUT2D eigenvalue weighted by Crippen LogP contribution is -2.24. The third-order valence-corrected chi connectivity index (χ3v) is 5.39. The van der Waals surface area contributed by atoms with Gasteiger partial charge in [0.1, 0.15) is 18.1 Å². The van der Waals surface area contributed by atoms with E-state index in [2.05, 4.69) is 34.6 Å². The lowest BCUT2D eigenvalue weighted by molar-refractivity contribution is 0.322. The van der Waals surface area contributed by atoms with Crippen molar-refractivity contribution in [2.24, 2.45) is 0 Å². The van der Waals surface area contributed by atoms with E-state index >= 15 is 0 Å². The number of anilines is 1. The zero-order chi connectivity index (χ0) is 16.9. The summed E-state index contributed by atoms with van der Waals surface area (Å²) in [6, 6.07) is 9.09. The van der Waals surface area contributed by atoms with Crippen LogP contribution in [0.5, 0.6) is 5.75 Å². The van der Waals surface area contributed by atoms with Crippen molar-refractivity contribution in [3.8, 4) is 5.75 Å². The van der Waals surface area contributed by atoms with Crippen LogP contribution in [0.1, 0.15) is 17.0 Å². The quantitative estimate of drug-likeness (QED) is 0.831. The molecule has 6 heteroatoms. The van der Waals surface area contributed by atoms with Gasteiger partial charge in [-0.25, -0.2) is 0 Å². The Morgan fingerprint density at radius 3 is 2.75 bits per heavy atom. The summed E-state index contributed by atoms with van der Waals surface area (Å²) in [5.41, 5.74) is 2.30. The van der Waals surface area contributed by atoms with Crippen molar-refractivity contribution in [1.29, 1.82) is 0 Å². The minimum Gasteiger partial charge on any atom is -0.492 e. The van der Waals surface area contributed by atoms with Gasteiger partial charge in [0.15, 0.2) is 0 Å². The minimum absolute atomic E-state index is 0.596. The molecule has 24 heavy (non-hydrogen) atoms. The second-order valence-electron chi connectivity index (χ2n) is 6.14. The van der Waals surface area contributed by atoms with Crippen molar-refractivity contribution >= 4 is 17.8 Å². The van der Waals surface area contributed by atoms with E-state index < -0.39 is 0 Å². The third-order valence-electron chi connectivity index (χ3n) is 4.22. The number of rotatable bonds is 7. The van der Waals surface area contributed by atoms with Gasteiger partial charge < -0.3 is 19.4 Å². The maximum atomic E-state index is 5.83. The van der Waals surface area contributed by atoms with Gasteiger partial charge in [-0.1, -0.05) is 12.1 Å². The largest absolute Gasteiger partial charge is 0.492 e. The number of nitrogens with zero attached hydrogens (tertiary/aromatic N) is 2. The normalized spacial score (nSPS) is 17.2. The SMILES string of the molecule is Cc1nc(N(C)CCOc2ccc(CC3CNCS3)cc2)oc1C. The molecule has 3 rings (SSSR count). The first kappa shape index (κ1) is 17.2. The van der Waals surface area contributed by atoms with Crippen molar-refractivity contribution in [2.75, 3.05) is 37.5 Å². The highest BCUT2D eigenvalue weighted by atomic mass is 32.2. The molecule has 0 amide bonds. The summed E-state index contributed by atoms with van der Waals surface area (Å²) >= 11 is 2.00. The fraction of sp³-hybridized carbons (Fsp3) is 0.500. The maximum absolute atomic E-state index is 5.83. The first-order valence-corrected chi connectivity index (χ1v) is 9.36. The summed E-state index contributed by atoms with van der Waals surface area (Å²) in [4.78, 5) is 6.36. The molecule has 5 nitrogen and oxygen atoms in total. The monoisotopic (exact) mass is 347 g/mol. The Bertz CT molecular complexity index is 631. The molecule has 1 aromatic carbocycles. The highest BCUT2D eigenvalue weighted by molar-refractivity contribution is 8.00. The van der Waals surface area contributed by atoms with Gasteiger partial charge in [0, 0.05) is 24.7 Å². The Balaban J connectivity index is 1.44. The Kier molecular flexibility index (Phi) is 5.68. The number of likely N-dealkylation sites (N-methyl/N-ethyl adjacent to an activating group) is 1.